The largest absolute Gasteiger partial charge is 0.466 e. The maximum Gasteiger partial charge on any atom is 0.307 e. The zero-order chi connectivity index (χ0) is 8.81. The predicted octanol–water partition coefficient (Wildman–Crippen LogP) is 0.858. The molecule has 1 atom stereocenters. The highest BCUT2D eigenvalue weighted by molar-refractivity contribution is 5.70. The summed E-state index contributed by atoms with van der Waals surface area (Å²) in [6.45, 7) is 3.16. The third-order valence-corrected chi connectivity index (χ3v) is 1.83. The van der Waals surface area contributed by atoms with Gasteiger partial charge >= 0.3 is 5.97 Å². The van der Waals surface area contributed by atoms with E-state index in [0.717, 1.165) is 13.0 Å². The minimum absolute atomic E-state index is 0.106. The van der Waals surface area contributed by atoms with E-state index < -0.39 is 0 Å². The van der Waals surface area contributed by atoms with E-state index in [1.807, 2.05) is 6.92 Å². The Kier molecular flexibility index (Phi) is 3.80. The monoisotopic (exact) mass is 169 g/mol. The summed E-state index contributed by atoms with van der Waals surface area (Å²) in [5.74, 6) is -0.106. The third-order valence-electron chi connectivity index (χ3n) is 1.83. The molecule has 0 radical (unpaired) electrons. The van der Waals surface area contributed by atoms with Gasteiger partial charge in [0.2, 0.25) is 0 Å². The van der Waals surface area contributed by atoms with Crippen LogP contribution in [-0.4, -0.2) is 25.2 Å². The van der Waals surface area contributed by atoms with E-state index in [9.17, 15) is 4.79 Å². The van der Waals surface area contributed by atoms with E-state index in [0.29, 0.717) is 13.0 Å². The topological polar surface area (TPSA) is 38.3 Å². The highest BCUT2D eigenvalue weighted by Gasteiger charge is 2.13. The second kappa shape index (κ2) is 4.93. The summed E-state index contributed by atoms with van der Waals surface area (Å²) in [4.78, 5) is 11.0. The zero-order valence-corrected chi connectivity index (χ0v) is 7.38. The first-order chi connectivity index (χ1) is 5.83. The third kappa shape index (κ3) is 3.05. The first-order valence-corrected chi connectivity index (χ1v) is 4.37. The molecule has 1 rings (SSSR count). The van der Waals surface area contributed by atoms with Crippen molar-refractivity contribution >= 4 is 5.97 Å². The molecule has 0 aromatic rings. The van der Waals surface area contributed by atoms with Gasteiger partial charge < -0.3 is 10.1 Å². The van der Waals surface area contributed by atoms with Crippen molar-refractivity contribution in [2.45, 2.75) is 25.8 Å². The molecule has 0 aromatic carbocycles. The van der Waals surface area contributed by atoms with Crippen LogP contribution in [0.2, 0.25) is 0 Å². The van der Waals surface area contributed by atoms with Crippen LogP contribution in [0.25, 0.3) is 0 Å². The average Bonchev–Trinajstić information content (AvgIpc) is 2.06. The van der Waals surface area contributed by atoms with Crippen molar-refractivity contribution in [3.8, 4) is 0 Å². The van der Waals surface area contributed by atoms with Crippen LogP contribution >= 0.6 is 0 Å². The molecule has 1 aliphatic rings. The summed E-state index contributed by atoms with van der Waals surface area (Å²) < 4.78 is 4.84. The molecular weight excluding hydrogens is 154 g/mol. The number of rotatable bonds is 3. The molecule has 0 fully saturated rings. The fourth-order valence-corrected chi connectivity index (χ4v) is 1.24. The fourth-order valence-electron chi connectivity index (χ4n) is 1.24. The van der Waals surface area contributed by atoms with Crippen LogP contribution in [0, 0.1) is 0 Å². The molecule has 0 amide bonds. The van der Waals surface area contributed by atoms with Crippen molar-refractivity contribution in [1.82, 2.24) is 5.32 Å². The highest BCUT2D eigenvalue weighted by Crippen LogP contribution is 2.04. The smallest absolute Gasteiger partial charge is 0.307 e. The number of nitrogens with one attached hydrogen (secondary N) is 1. The summed E-state index contributed by atoms with van der Waals surface area (Å²) in [6.07, 6.45) is 5.58. The van der Waals surface area contributed by atoms with Crippen molar-refractivity contribution < 1.29 is 9.53 Å². The Balaban J connectivity index is 2.21. The Hall–Kier alpha value is -0.830. The van der Waals surface area contributed by atoms with Crippen molar-refractivity contribution in [1.29, 1.82) is 0 Å². The molecule has 3 heteroatoms. The van der Waals surface area contributed by atoms with Gasteiger partial charge in [0.1, 0.15) is 0 Å². The van der Waals surface area contributed by atoms with Gasteiger partial charge in [0.05, 0.1) is 13.0 Å². The number of carbonyl (C=O) groups excluding carboxylic acids is 1. The van der Waals surface area contributed by atoms with Gasteiger partial charge in [-0.05, 0) is 13.3 Å². The van der Waals surface area contributed by atoms with Crippen molar-refractivity contribution in [3.63, 3.8) is 0 Å². The van der Waals surface area contributed by atoms with Gasteiger partial charge in [-0.3, -0.25) is 4.79 Å². The van der Waals surface area contributed by atoms with E-state index in [1.54, 1.807) is 0 Å². The second-order valence-corrected chi connectivity index (χ2v) is 2.82. The van der Waals surface area contributed by atoms with Crippen molar-refractivity contribution in [2.75, 3.05) is 13.2 Å². The minimum Gasteiger partial charge on any atom is -0.466 e. The summed E-state index contributed by atoms with van der Waals surface area (Å²) in [6, 6.07) is 0.272. The van der Waals surface area contributed by atoms with Gasteiger partial charge in [-0.1, -0.05) is 12.2 Å². The summed E-state index contributed by atoms with van der Waals surface area (Å²) in [7, 11) is 0. The maximum atomic E-state index is 11.0. The van der Waals surface area contributed by atoms with Crippen LogP contribution in [0.1, 0.15) is 19.8 Å². The lowest BCUT2D eigenvalue weighted by atomic mass is 10.1. The van der Waals surface area contributed by atoms with Gasteiger partial charge in [0.15, 0.2) is 0 Å². The molecule has 3 nitrogen and oxygen atoms in total. The number of esters is 1. The highest BCUT2D eigenvalue weighted by atomic mass is 16.5. The Morgan fingerprint density at radius 1 is 1.67 bits per heavy atom. The van der Waals surface area contributed by atoms with E-state index >= 15 is 0 Å². The van der Waals surface area contributed by atoms with Crippen LogP contribution in [0.5, 0.6) is 0 Å². The molecule has 0 aliphatic carbocycles. The molecule has 0 saturated carbocycles. The number of hydrogen-bond acceptors (Lipinski definition) is 3. The quantitative estimate of drug-likeness (QED) is 0.503. The van der Waals surface area contributed by atoms with E-state index in [2.05, 4.69) is 17.5 Å². The Morgan fingerprint density at radius 3 is 3.08 bits per heavy atom. The van der Waals surface area contributed by atoms with Crippen LogP contribution in [-0.2, 0) is 9.53 Å². The van der Waals surface area contributed by atoms with Crippen molar-refractivity contribution in [3.05, 3.63) is 12.2 Å². The average molecular weight is 169 g/mol. The first-order valence-electron chi connectivity index (χ1n) is 4.37. The van der Waals surface area contributed by atoms with Crippen molar-refractivity contribution in [2.24, 2.45) is 0 Å². The van der Waals surface area contributed by atoms with Crippen LogP contribution < -0.4 is 5.32 Å². The van der Waals surface area contributed by atoms with Crippen LogP contribution in [0.3, 0.4) is 0 Å². The lowest BCUT2D eigenvalue weighted by molar-refractivity contribution is -0.143. The summed E-state index contributed by atoms with van der Waals surface area (Å²) >= 11 is 0. The molecule has 0 bridgehead atoms. The van der Waals surface area contributed by atoms with Crippen LogP contribution in [0.15, 0.2) is 12.2 Å². The standard InChI is InChI=1S/C9H15NO2/c1-2-12-9(11)7-8-5-3-4-6-10-8/h3-4,8,10H,2,5-7H2,1H3. The molecule has 1 unspecified atom stereocenters. The SMILES string of the molecule is CCOC(=O)CC1CC=CCN1. The molecule has 12 heavy (non-hydrogen) atoms. The molecule has 0 spiro atoms. The second-order valence-electron chi connectivity index (χ2n) is 2.82. The Morgan fingerprint density at radius 2 is 2.50 bits per heavy atom. The maximum absolute atomic E-state index is 11.0. The Bertz CT molecular complexity index is 177. The van der Waals surface area contributed by atoms with Crippen LogP contribution in [0.4, 0.5) is 0 Å². The molecule has 0 saturated heterocycles. The molecule has 1 N–H and O–H groups in total. The van der Waals surface area contributed by atoms with Gasteiger partial charge in [0, 0.05) is 12.6 Å². The first kappa shape index (κ1) is 9.26. The Labute approximate surface area is 72.8 Å². The van der Waals surface area contributed by atoms with Gasteiger partial charge in [0.25, 0.3) is 0 Å². The minimum atomic E-state index is -0.106. The molecule has 68 valence electrons. The molecule has 1 heterocycles. The summed E-state index contributed by atoms with van der Waals surface area (Å²) in [5.41, 5.74) is 0. The van der Waals surface area contributed by atoms with E-state index in [4.69, 9.17) is 4.74 Å². The lowest BCUT2D eigenvalue weighted by Gasteiger charge is -2.18. The van der Waals surface area contributed by atoms with E-state index in [-0.39, 0.29) is 12.0 Å². The van der Waals surface area contributed by atoms with Gasteiger partial charge in [-0.25, -0.2) is 0 Å². The molecular formula is C9H15NO2. The predicted molar refractivity (Wildman–Crippen MR) is 46.8 cm³/mol. The number of carbonyl (C=O) groups is 1. The number of hydrogen-bond donors (Lipinski definition) is 1. The molecule has 0 aromatic heterocycles. The van der Waals surface area contributed by atoms with Gasteiger partial charge in [-0.2, -0.15) is 0 Å². The summed E-state index contributed by atoms with van der Waals surface area (Å²) in [5, 5.41) is 3.22. The normalized spacial score (nSPS) is 22.2. The van der Waals surface area contributed by atoms with Gasteiger partial charge in [-0.15, -0.1) is 0 Å². The lowest BCUT2D eigenvalue weighted by Crippen LogP contribution is -2.33. The molecule has 1 aliphatic heterocycles. The fraction of sp³-hybridized carbons (Fsp3) is 0.667. The van der Waals surface area contributed by atoms with E-state index in [1.165, 1.54) is 0 Å². The number of ether oxygens (including phenoxy) is 1. The zero-order valence-electron chi connectivity index (χ0n) is 7.38.